The second kappa shape index (κ2) is 4.74. The Balaban J connectivity index is 2.22. The van der Waals surface area contributed by atoms with Crippen LogP contribution >= 0.6 is 0 Å². The summed E-state index contributed by atoms with van der Waals surface area (Å²) in [7, 11) is 0. The van der Waals surface area contributed by atoms with Crippen molar-refractivity contribution in [2.75, 3.05) is 0 Å². The molecule has 1 aromatic carbocycles. The van der Waals surface area contributed by atoms with Crippen molar-refractivity contribution in [1.82, 2.24) is 0 Å². The molecule has 3 N–H and O–H groups in total. The Morgan fingerprint density at radius 1 is 1.47 bits per heavy atom. The van der Waals surface area contributed by atoms with Crippen LogP contribution in [-0.2, 0) is 17.6 Å². The third-order valence-corrected chi connectivity index (χ3v) is 3.38. The second-order valence-electron chi connectivity index (χ2n) is 5.41. The van der Waals surface area contributed by atoms with Crippen molar-refractivity contribution < 1.29 is 24.9 Å². The van der Waals surface area contributed by atoms with E-state index in [0.717, 1.165) is 0 Å². The fraction of sp³-hybridized carbons (Fsp3) is 0.500. The number of aromatic hydroxyl groups is 1. The zero-order valence-corrected chi connectivity index (χ0v) is 11.0. The van der Waals surface area contributed by atoms with Crippen molar-refractivity contribution >= 4 is 5.97 Å². The molecule has 1 aliphatic rings. The van der Waals surface area contributed by atoms with Crippen LogP contribution in [0.15, 0.2) is 12.1 Å². The molecule has 0 aliphatic carbocycles. The number of fused-ring (bicyclic) bond motifs is 1. The van der Waals surface area contributed by atoms with Crippen LogP contribution in [0.4, 0.5) is 0 Å². The van der Waals surface area contributed by atoms with Gasteiger partial charge in [0.25, 0.3) is 0 Å². The van der Waals surface area contributed by atoms with Gasteiger partial charge < -0.3 is 20.1 Å². The molecule has 1 heterocycles. The van der Waals surface area contributed by atoms with Crippen molar-refractivity contribution in [1.29, 1.82) is 0 Å². The summed E-state index contributed by atoms with van der Waals surface area (Å²) >= 11 is 0. The number of phenolic OH excluding ortho intramolecular Hbond substituents is 1. The zero-order chi connectivity index (χ0) is 14.2. The van der Waals surface area contributed by atoms with Gasteiger partial charge in [-0.25, -0.2) is 0 Å². The maximum Gasteiger partial charge on any atom is 0.303 e. The number of aliphatic carboxylic acids is 1. The Morgan fingerprint density at radius 3 is 2.74 bits per heavy atom. The van der Waals surface area contributed by atoms with Crippen molar-refractivity contribution in [3.8, 4) is 11.5 Å². The minimum absolute atomic E-state index is 0.0257. The van der Waals surface area contributed by atoms with Crippen LogP contribution in [0.2, 0.25) is 0 Å². The number of aryl methyl sites for hydroxylation is 1. The van der Waals surface area contributed by atoms with E-state index in [1.54, 1.807) is 26.0 Å². The summed E-state index contributed by atoms with van der Waals surface area (Å²) in [5.74, 6) is -0.250. The van der Waals surface area contributed by atoms with Gasteiger partial charge >= 0.3 is 5.97 Å². The fourth-order valence-electron chi connectivity index (χ4n) is 2.19. The molecule has 19 heavy (non-hydrogen) atoms. The van der Waals surface area contributed by atoms with E-state index in [-0.39, 0.29) is 18.6 Å². The monoisotopic (exact) mass is 266 g/mol. The summed E-state index contributed by atoms with van der Waals surface area (Å²) in [6.45, 7) is 3.32. The van der Waals surface area contributed by atoms with Crippen LogP contribution in [0.5, 0.6) is 11.5 Å². The Bertz CT molecular complexity index is 501. The van der Waals surface area contributed by atoms with Gasteiger partial charge in [0.1, 0.15) is 17.6 Å². The molecule has 0 saturated heterocycles. The molecule has 0 bridgehead atoms. The second-order valence-corrected chi connectivity index (χ2v) is 5.41. The predicted octanol–water partition coefficient (Wildman–Crippen LogP) is 1.48. The molecule has 2 rings (SSSR count). The number of carboxylic acids is 1. The molecule has 0 fully saturated rings. The smallest absolute Gasteiger partial charge is 0.303 e. The molecule has 0 radical (unpaired) electrons. The lowest BCUT2D eigenvalue weighted by atomic mass is 9.95. The minimum atomic E-state index is -0.993. The first kappa shape index (κ1) is 13.7. The van der Waals surface area contributed by atoms with Gasteiger partial charge in [0, 0.05) is 18.4 Å². The summed E-state index contributed by atoms with van der Waals surface area (Å²) < 4.78 is 5.61. The van der Waals surface area contributed by atoms with Crippen molar-refractivity contribution in [3.05, 3.63) is 23.3 Å². The average molecular weight is 266 g/mol. The molecule has 0 spiro atoms. The van der Waals surface area contributed by atoms with Crippen LogP contribution in [0.3, 0.4) is 0 Å². The molecule has 1 aromatic rings. The van der Waals surface area contributed by atoms with Crippen LogP contribution in [0, 0.1) is 0 Å². The van der Waals surface area contributed by atoms with E-state index in [0.29, 0.717) is 23.3 Å². The number of aliphatic hydroxyl groups is 1. The number of hydrogen-bond donors (Lipinski definition) is 3. The summed E-state index contributed by atoms with van der Waals surface area (Å²) in [5, 5.41) is 28.8. The Morgan fingerprint density at radius 2 is 2.16 bits per heavy atom. The highest BCUT2D eigenvalue weighted by molar-refractivity contribution is 5.67. The Labute approximate surface area is 111 Å². The minimum Gasteiger partial charge on any atom is -0.507 e. The van der Waals surface area contributed by atoms with E-state index in [1.165, 1.54) is 0 Å². The lowest BCUT2D eigenvalue weighted by Crippen LogP contribution is -2.39. The maximum absolute atomic E-state index is 10.6. The first-order valence-electron chi connectivity index (χ1n) is 6.23. The number of phenols is 1. The summed E-state index contributed by atoms with van der Waals surface area (Å²) in [6.07, 6.45) is 0.276. The third kappa shape index (κ3) is 2.81. The van der Waals surface area contributed by atoms with E-state index >= 15 is 0 Å². The molecule has 5 heteroatoms. The number of ether oxygens (including phenoxy) is 1. The van der Waals surface area contributed by atoms with Crippen molar-refractivity contribution in [2.45, 2.75) is 44.8 Å². The molecular weight excluding hydrogens is 248 g/mol. The van der Waals surface area contributed by atoms with E-state index in [1.807, 2.05) is 0 Å². The molecule has 0 saturated carbocycles. The Hall–Kier alpha value is -1.75. The van der Waals surface area contributed by atoms with Crippen LogP contribution in [-0.4, -0.2) is 33.0 Å². The van der Waals surface area contributed by atoms with Gasteiger partial charge in [0.05, 0.1) is 5.60 Å². The highest BCUT2D eigenvalue weighted by atomic mass is 16.5. The topological polar surface area (TPSA) is 87.0 Å². The van der Waals surface area contributed by atoms with E-state index in [2.05, 4.69) is 0 Å². The van der Waals surface area contributed by atoms with Gasteiger partial charge in [-0.3, -0.25) is 4.79 Å². The Kier molecular flexibility index (Phi) is 3.41. The van der Waals surface area contributed by atoms with Gasteiger partial charge in [0.2, 0.25) is 0 Å². The molecule has 0 aromatic heterocycles. The number of carbonyl (C=O) groups is 1. The summed E-state index contributed by atoms with van der Waals surface area (Å²) in [5.41, 5.74) is 0.253. The first-order valence-corrected chi connectivity index (χ1v) is 6.23. The highest BCUT2D eigenvalue weighted by Crippen LogP contribution is 2.40. The predicted molar refractivity (Wildman–Crippen MR) is 68.5 cm³/mol. The molecule has 5 nitrogen and oxygen atoms in total. The van der Waals surface area contributed by atoms with Crippen LogP contribution < -0.4 is 4.74 Å². The molecule has 1 aliphatic heterocycles. The molecular formula is C14H18O5. The zero-order valence-electron chi connectivity index (χ0n) is 11.0. The standard InChI is InChI=1S/C14H18O5/c1-14(2,18)11-7-9-10(19-11)5-3-8(13(9)17)4-6-12(15)16/h3,5,11,17-18H,4,6-7H2,1-2H3,(H,15,16). The number of rotatable bonds is 4. The lowest BCUT2D eigenvalue weighted by molar-refractivity contribution is -0.136. The number of benzene rings is 1. The largest absolute Gasteiger partial charge is 0.507 e. The van der Waals surface area contributed by atoms with Crippen molar-refractivity contribution in [3.63, 3.8) is 0 Å². The van der Waals surface area contributed by atoms with Gasteiger partial charge in [0.15, 0.2) is 0 Å². The third-order valence-electron chi connectivity index (χ3n) is 3.38. The molecule has 1 unspecified atom stereocenters. The van der Waals surface area contributed by atoms with Gasteiger partial charge in [-0.05, 0) is 31.9 Å². The quantitative estimate of drug-likeness (QED) is 0.768. The summed E-state index contributed by atoms with van der Waals surface area (Å²) in [6, 6.07) is 3.39. The van der Waals surface area contributed by atoms with Crippen LogP contribution in [0.1, 0.15) is 31.4 Å². The molecule has 104 valence electrons. The first-order chi connectivity index (χ1) is 8.79. The van der Waals surface area contributed by atoms with Gasteiger partial charge in [-0.1, -0.05) is 6.07 Å². The van der Waals surface area contributed by atoms with Gasteiger partial charge in [-0.15, -0.1) is 0 Å². The molecule has 0 amide bonds. The fourth-order valence-corrected chi connectivity index (χ4v) is 2.19. The number of carboxylic acid groups (broad SMARTS) is 1. The lowest BCUT2D eigenvalue weighted by Gasteiger charge is -2.24. The normalized spacial score (nSPS) is 17.9. The highest BCUT2D eigenvalue weighted by Gasteiger charge is 2.36. The van der Waals surface area contributed by atoms with E-state index in [4.69, 9.17) is 9.84 Å². The maximum atomic E-state index is 10.6. The summed E-state index contributed by atoms with van der Waals surface area (Å²) in [4.78, 5) is 10.6. The number of hydrogen-bond acceptors (Lipinski definition) is 4. The van der Waals surface area contributed by atoms with E-state index < -0.39 is 17.7 Å². The van der Waals surface area contributed by atoms with Gasteiger partial charge in [-0.2, -0.15) is 0 Å². The van der Waals surface area contributed by atoms with Crippen LogP contribution in [0.25, 0.3) is 0 Å². The molecule has 1 atom stereocenters. The SMILES string of the molecule is CC(C)(O)C1Cc2c(ccc(CCC(=O)O)c2O)O1. The average Bonchev–Trinajstić information content (AvgIpc) is 2.72. The van der Waals surface area contributed by atoms with E-state index in [9.17, 15) is 15.0 Å². The van der Waals surface area contributed by atoms with Crippen molar-refractivity contribution in [2.24, 2.45) is 0 Å².